The number of aromatic amines is 1. The molecule has 3 rings (SSSR count). The fourth-order valence-corrected chi connectivity index (χ4v) is 2.32. The molecule has 1 aliphatic carbocycles. The van der Waals surface area contributed by atoms with Crippen LogP contribution < -0.4 is 4.74 Å². The summed E-state index contributed by atoms with van der Waals surface area (Å²) in [5.74, 6) is -0.802. The summed E-state index contributed by atoms with van der Waals surface area (Å²) in [6, 6.07) is 4.23. The molecule has 0 unspecified atom stereocenters. The number of aromatic nitrogens is 3. The van der Waals surface area contributed by atoms with Crippen LogP contribution in [0.15, 0.2) is 18.2 Å². The van der Waals surface area contributed by atoms with E-state index >= 15 is 0 Å². The van der Waals surface area contributed by atoms with Crippen LogP contribution in [-0.2, 0) is 9.53 Å². The van der Waals surface area contributed by atoms with Crippen LogP contribution in [0.5, 0.6) is 6.01 Å². The van der Waals surface area contributed by atoms with Gasteiger partial charge in [0.05, 0.1) is 12.1 Å². The first-order valence-electron chi connectivity index (χ1n) is 6.65. The molecule has 9 heteroatoms. The highest BCUT2D eigenvalue weighted by atomic mass is 35.5. The monoisotopic (exact) mass is 355 g/mol. The fourth-order valence-electron chi connectivity index (χ4n) is 2.03. The number of H-pyrrole nitrogens is 1. The number of nitrogens with one attached hydrogen (secondary N) is 1. The average molecular weight is 356 g/mol. The maximum Gasteiger partial charge on any atom is 0.350 e. The van der Waals surface area contributed by atoms with Crippen molar-refractivity contribution in [3.63, 3.8) is 0 Å². The van der Waals surface area contributed by atoms with Gasteiger partial charge in [-0.25, -0.2) is 14.2 Å². The Morgan fingerprint density at radius 3 is 2.78 bits per heavy atom. The molecule has 1 aromatic heterocycles. The minimum atomic E-state index is -1.04. The van der Waals surface area contributed by atoms with Crippen molar-refractivity contribution >= 4 is 29.8 Å². The minimum Gasteiger partial charge on any atom is -0.466 e. The van der Waals surface area contributed by atoms with E-state index in [1.165, 1.54) is 19.2 Å². The summed E-state index contributed by atoms with van der Waals surface area (Å²) in [5, 5.41) is 0.000464. The first-order chi connectivity index (χ1) is 10.9. The van der Waals surface area contributed by atoms with Crippen molar-refractivity contribution in [2.24, 2.45) is 0 Å². The Kier molecular flexibility index (Phi) is 4.03. The van der Waals surface area contributed by atoms with Crippen LogP contribution in [0.4, 0.5) is 4.39 Å². The SMILES string of the molecule is COC(=O)C1(Oc2nc(=S)nc(-c3ccc(Cl)c(F)c3)[nH]2)CC1. The minimum absolute atomic E-state index is 0.000464. The van der Waals surface area contributed by atoms with E-state index in [4.69, 9.17) is 33.3 Å². The van der Waals surface area contributed by atoms with Gasteiger partial charge in [-0.15, -0.1) is 0 Å². The molecule has 1 aromatic carbocycles. The van der Waals surface area contributed by atoms with Gasteiger partial charge >= 0.3 is 5.97 Å². The molecule has 6 nitrogen and oxygen atoms in total. The lowest BCUT2D eigenvalue weighted by Gasteiger charge is -2.14. The van der Waals surface area contributed by atoms with Gasteiger partial charge in [0.15, 0.2) is 0 Å². The van der Waals surface area contributed by atoms with Crippen LogP contribution in [-0.4, -0.2) is 33.6 Å². The van der Waals surface area contributed by atoms with E-state index < -0.39 is 17.4 Å². The lowest BCUT2D eigenvalue weighted by atomic mass is 10.2. The van der Waals surface area contributed by atoms with Gasteiger partial charge < -0.3 is 9.47 Å². The molecule has 1 saturated carbocycles. The third kappa shape index (κ3) is 3.18. The quantitative estimate of drug-likeness (QED) is 0.671. The number of esters is 1. The second kappa shape index (κ2) is 5.86. The molecule has 0 bridgehead atoms. The Bertz CT molecular complexity index is 838. The number of carbonyl (C=O) groups excluding carboxylic acids is 1. The van der Waals surface area contributed by atoms with Gasteiger partial charge in [0, 0.05) is 18.4 Å². The topological polar surface area (TPSA) is 77.1 Å². The molecule has 1 N–H and O–H groups in total. The van der Waals surface area contributed by atoms with Crippen LogP contribution in [0.25, 0.3) is 11.4 Å². The number of hydrogen-bond acceptors (Lipinski definition) is 6. The van der Waals surface area contributed by atoms with Crippen molar-refractivity contribution in [3.05, 3.63) is 33.8 Å². The average Bonchev–Trinajstić information content (AvgIpc) is 3.29. The Labute approximate surface area is 140 Å². The van der Waals surface area contributed by atoms with E-state index in [1.54, 1.807) is 6.07 Å². The Morgan fingerprint density at radius 2 is 2.17 bits per heavy atom. The molecule has 0 radical (unpaired) electrons. The Hall–Kier alpha value is -2.06. The Morgan fingerprint density at radius 1 is 1.43 bits per heavy atom. The largest absolute Gasteiger partial charge is 0.466 e. The van der Waals surface area contributed by atoms with E-state index in [9.17, 15) is 9.18 Å². The number of methoxy groups -OCH3 is 1. The van der Waals surface area contributed by atoms with Crippen molar-refractivity contribution in [2.45, 2.75) is 18.4 Å². The summed E-state index contributed by atoms with van der Waals surface area (Å²) in [6.07, 6.45) is 1.05. The van der Waals surface area contributed by atoms with Gasteiger partial charge in [0.2, 0.25) is 10.4 Å². The van der Waals surface area contributed by atoms with Crippen molar-refractivity contribution in [3.8, 4) is 17.4 Å². The second-order valence-electron chi connectivity index (χ2n) is 5.00. The number of nitrogens with zero attached hydrogens (tertiary/aromatic N) is 2. The third-order valence-corrected chi connectivity index (χ3v) is 3.87. The van der Waals surface area contributed by atoms with Crippen LogP contribution in [0.1, 0.15) is 12.8 Å². The highest BCUT2D eigenvalue weighted by Gasteiger charge is 2.55. The van der Waals surface area contributed by atoms with Crippen LogP contribution in [0.2, 0.25) is 5.02 Å². The van der Waals surface area contributed by atoms with E-state index in [-0.39, 0.29) is 21.6 Å². The summed E-state index contributed by atoms with van der Waals surface area (Å²) >= 11 is 10.7. The number of hydrogen-bond donors (Lipinski definition) is 1. The zero-order valence-corrected chi connectivity index (χ0v) is 13.5. The number of carbonyl (C=O) groups is 1. The van der Waals surface area contributed by atoms with E-state index in [2.05, 4.69) is 15.0 Å². The summed E-state index contributed by atoms with van der Waals surface area (Å²) in [4.78, 5) is 22.5. The summed E-state index contributed by atoms with van der Waals surface area (Å²) in [5.41, 5.74) is -0.614. The summed E-state index contributed by atoms with van der Waals surface area (Å²) in [7, 11) is 1.29. The molecular weight excluding hydrogens is 345 g/mol. The molecule has 0 amide bonds. The third-order valence-electron chi connectivity index (χ3n) is 3.38. The van der Waals surface area contributed by atoms with Gasteiger partial charge in [-0.05, 0) is 30.4 Å². The molecule has 1 aliphatic rings. The smallest absolute Gasteiger partial charge is 0.350 e. The van der Waals surface area contributed by atoms with Gasteiger partial charge in [-0.1, -0.05) is 11.6 Å². The highest BCUT2D eigenvalue weighted by Crippen LogP contribution is 2.40. The molecule has 1 fully saturated rings. The second-order valence-corrected chi connectivity index (χ2v) is 5.77. The van der Waals surface area contributed by atoms with Gasteiger partial charge in [-0.3, -0.25) is 4.98 Å². The lowest BCUT2D eigenvalue weighted by molar-refractivity contribution is -0.151. The molecule has 120 valence electrons. The van der Waals surface area contributed by atoms with Crippen molar-refractivity contribution < 1.29 is 18.7 Å². The van der Waals surface area contributed by atoms with Crippen molar-refractivity contribution in [2.75, 3.05) is 7.11 Å². The first-order valence-corrected chi connectivity index (χ1v) is 7.43. The standard InChI is InChI=1S/C14H11ClFN3O3S/c1-21-11(20)14(4-5-14)22-12-17-10(18-13(23)19-12)7-2-3-8(15)9(16)6-7/h2-3,6H,4-5H2,1H3,(H,17,18,19,23). The van der Waals surface area contributed by atoms with Crippen molar-refractivity contribution in [1.82, 2.24) is 15.0 Å². The zero-order chi connectivity index (χ0) is 16.6. The highest BCUT2D eigenvalue weighted by molar-refractivity contribution is 7.71. The van der Waals surface area contributed by atoms with Gasteiger partial charge in [0.1, 0.15) is 11.6 Å². The molecule has 0 atom stereocenters. The van der Waals surface area contributed by atoms with E-state index in [1.807, 2.05) is 0 Å². The molecular formula is C14H11ClFN3O3S. The van der Waals surface area contributed by atoms with E-state index in [0.717, 1.165) is 0 Å². The lowest BCUT2D eigenvalue weighted by Crippen LogP contribution is -2.31. The number of rotatable bonds is 4. The van der Waals surface area contributed by atoms with Gasteiger partial charge in [-0.2, -0.15) is 4.98 Å². The fraction of sp³-hybridized carbons (Fsp3) is 0.286. The summed E-state index contributed by atoms with van der Waals surface area (Å²) in [6.45, 7) is 0. The maximum atomic E-state index is 13.6. The molecule has 23 heavy (non-hydrogen) atoms. The normalized spacial score (nSPS) is 15.1. The van der Waals surface area contributed by atoms with Crippen LogP contribution >= 0.6 is 23.8 Å². The predicted octanol–water partition coefficient (Wildman–Crippen LogP) is 3.08. The molecule has 0 saturated heterocycles. The number of halogens is 2. The van der Waals surface area contributed by atoms with E-state index in [0.29, 0.717) is 18.4 Å². The maximum absolute atomic E-state index is 13.6. The number of ether oxygens (including phenoxy) is 2. The first kappa shape index (κ1) is 15.8. The molecule has 1 heterocycles. The molecule has 0 aliphatic heterocycles. The van der Waals surface area contributed by atoms with Gasteiger partial charge in [0.25, 0.3) is 6.01 Å². The van der Waals surface area contributed by atoms with Crippen molar-refractivity contribution in [1.29, 1.82) is 0 Å². The number of benzene rings is 1. The zero-order valence-electron chi connectivity index (χ0n) is 11.9. The summed E-state index contributed by atoms with van der Waals surface area (Å²) < 4.78 is 23.9. The van der Waals surface area contributed by atoms with Crippen LogP contribution in [0.3, 0.4) is 0 Å². The molecule has 2 aromatic rings. The molecule has 0 spiro atoms. The van der Waals surface area contributed by atoms with Crippen LogP contribution in [0, 0.1) is 10.6 Å². The Balaban J connectivity index is 1.95. The predicted molar refractivity (Wildman–Crippen MR) is 82.2 cm³/mol.